The molecule has 0 unspecified atom stereocenters. The highest BCUT2D eigenvalue weighted by Crippen LogP contribution is 2.18. The largest absolute Gasteiger partial charge is 0.299 e. The Balaban J connectivity index is 3.00. The van der Waals surface area contributed by atoms with Crippen LogP contribution in [0.2, 0.25) is 0 Å². The lowest BCUT2D eigenvalue weighted by Gasteiger charge is -1.96. The van der Waals surface area contributed by atoms with Crippen molar-refractivity contribution in [2.24, 2.45) is 0 Å². The highest BCUT2D eigenvalue weighted by atomic mass is 35.5. The zero-order valence-corrected chi connectivity index (χ0v) is 7.45. The summed E-state index contributed by atoms with van der Waals surface area (Å²) in [5.74, 6) is 0. The third-order valence-corrected chi connectivity index (χ3v) is 1.85. The van der Waals surface area contributed by atoms with E-state index in [9.17, 15) is 4.79 Å². The summed E-state index contributed by atoms with van der Waals surface area (Å²) in [7, 11) is 0. The van der Waals surface area contributed by atoms with Crippen molar-refractivity contribution in [3.05, 3.63) is 41.5 Å². The molecule has 1 aromatic carbocycles. The van der Waals surface area contributed by atoms with E-state index in [-0.39, 0.29) is 0 Å². The third kappa shape index (κ3) is 2.43. The predicted octanol–water partition coefficient (Wildman–Crippen LogP) is 2.34. The minimum absolute atomic E-state index is 0.375. The number of benzene rings is 1. The molecule has 1 aromatic rings. The second-order valence-electron chi connectivity index (χ2n) is 2.34. The van der Waals surface area contributed by atoms with Gasteiger partial charge in [0.15, 0.2) is 0 Å². The average Bonchev–Trinajstić information content (AvgIpc) is 2.18. The van der Waals surface area contributed by atoms with Gasteiger partial charge in [-0.05, 0) is 23.8 Å². The molecule has 0 atom stereocenters. The van der Waals surface area contributed by atoms with E-state index in [1.54, 1.807) is 24.3 Å². The first-order valence-corrected chi connectivity index (χ1v) is 3.97. The summed E-state index contributed by atoms with van der Waals surface area (Å²) in [5, 5.41) is 8.89. The maximum atomic E-state index is 10.1. The van der Waals surface area contributed by atoms with Crippen molar-refractivity contribution in [3.8, 4) is 6.07 Å². The third-order valence-electron chi connectivity index (χ3n) is 1.50. The molecular weight excluding hydrogens is 186 g/mol. The van der Waals surface area contributed by atoms with Crippen molar-refractivity contribution in [2.45, 2.75) is 0 Å². The molecule has 0 heterocycles. The number of allylic oxidation sites excluding steroid dienone is 1. The number of carbonyl (C=O) groups excluding carboxylic acids is 1. The monoisotopic (exact) mass is 191 g/mol. The van der Waals surface area contributed by atoms with Crippen LogP contribution in [0.25, 0.3) is 5.03 Å². The fourth-order valence-electron chi connectivity index (χ4n) is 0.860. The van der Waals surface area contributed by atoms with Gasteiger partial charge in [-0.3, -0.25) is 4.79 Å². The molecule has 1 rings (SSSR count). The number of carbonyl (C=O) groups is 1. The van der Waals surface area contributed by atoms with E-state index in [2.05, 4.69) is 0 Å². The molecule has 64 valence electrons. The number of nitrogens with zero attached hydrogens (tertiary/aromatic N) is 1. The molecule has 0 aromatic heterocycles. The van der Waals surface area contributed by atoms with E-state index >= 15 is 0 Å². The van der Waals surface area contributed by atoms with Crippen molar-refractivity contribution >= 4 is 22.9 Å². The second-order valence-corrected chi connectivity index (χ2v) is 2.75. The molecule has 0 N–H and O–H groups in total. The van der Waals surface area contributed by atoms with Crippen molar-refractivity contribution in [2.75, 3.05) is 0 Å². The summed E-state index contributed by atoms with van der Waals surface area (Å²) < 4.78 is 0. The molecule has 0 aliphatic carbocycles. The van der Waals surface area contributed by atoms with Gasteiger partial charge in [0, 0.05) is 0 Å². The van der Waals surface area contributed by atoms with Gasteiger partial charge in [-0.2, -0.15) is 5.26 Å². The van der Waals surface area contributed by atoms with Gasteiger partial charge < -0.3 is 0 Å². The Labute approximate surface area is 81.1 Å². The second kappa shape index (κ2) is 4.44. The minimum atomic E-state index is 0.375. The molecule has 0 fully saturated rings. The fraction of sp³-hybridized carbons (Fsp3) is 0. The number of halogens is 1. The Hall–Kier alpha value is -1.59. The molecule has 0 saturated carbocycles. The van der Waals surface area contributed by atoms with E-state index in [1.807, 2.05) is 6.07 Å². The smallest absolute Gasteiger partial charge is 0.144 e. The highest BCUT2D eigenvalue weighted by molar-refractivity contribution is 6.49. The van der Waals surface area contributed by atoms with Crippen molar-refractivity contribution in [1.82, 2.24) is 0 Å². The molecule has 0 amide bonds. The summed E-state index contributed by atoms with van der Waals surface area (Å²) in [6.45, 7) is 0. The van der Waals surface area contributed by atoms with E-state index < -0.39 is 0 Å². The van der Waals surface area contributed by atoms with Gasteiger partial charge >= 0.3 is 0 Å². The molecule has 0 aliphatic rings. The quantitative estimate of drug-likeness (QED) is 0.532. The molecule has 13 heavy (non-hydrogen) atoms. The van der Waals surface area contributed by atoms with Crippen LogP contribution >= 0.6 is 11.6 Å². The molecular formula is C10H6ClNO. The van der Waals surface area contributed by atoms with Gasteiger partial charge in [0.25, 0.3) is 0 Å². The Morgan fingerprint density at radius 2 is 2.00 bits per heavy atom. The fourth-order valence-corrected chi connectivity index (χ4v) is 1.04. The van der Waals surface area contributed by atoms with E-state index in [0.29, 0.717) is 16.9 Å². The Morgan fingerprint density at radius 1 is 1.38 bits per heavy atom. The Bertz CT molecular complexity index is 373. The van der Waals surface area contributed by atoms with Crippen LogP contribution in [-0.2, 0) is 4.79 Å². The normalized spacial score (nSPS) is 10.6. The number of hydrogen-bond acceptors (Lipinski definition) is 2. The molecule has 0 spiro atoms. The van der Waals surface area contributed by atoms with Crippen LogP contribution < -0.4 is 0 Å². The summed E-state index contributed by atoms with van der Waals surface area (Å²) in [6, 6.07) is 8.68. The average molecular weight is 192 g/mol. The summed E-state index contributed by atoms with van der Waals surface area (Å²) >= 11 is 5.75. The topological polar surface area (TPSA) is 40.9 Å². The lowest BCUT2D eigenvalue weighted by atomic mass is 10.1. The summed E-state index contributed by atoms with van der Waals surface area (Å²) in [5.41, 5.74) is 1.30. The molecule has 0 aliphatic heterocycles. The zero-order valence-electron chi connectivity index (χ0n) is 6.70. The minimum Gasteiger partial charge on any atom is -0.299 e. The molecule has 0 bridgehead atoms. The predicted molar refractivity (Wildman–Crippen MR) is 51.1 cm³/mol. The molecule has 0 saturated heterocycles. The van der Waals surface area contributed by atoms with Crippen LogP contribution in [0, 0.1) is 11.3 Å². The van der Waals surface area contributed by atoms with Gasteiger partial charge in [-0.1, -0.05) is 23.7 Å². The summed E-state index contributed by atoms with van der Waals surface area (Å²) in [4.78, 5) is 10.1. The highest BCUT2D eigenvalue weighted by Gasteiger charge is 1.96. The van der Waals surface area contributed by atoms with Gasteiger partial charge in [0.2, 0.25) is 0 Å². The maximum absolute atomic E-state index is 10.1. The number of aldehydes is 1. The van der Waals surface area contributed by atoms with Gasteiger partial charge in [-0.25, -0.2) is 0 Å². The SMILES string of the molecule is N#Cc1ccc(/C(Cl)=C/C=O)cc1. The van der Waals surface area contributed by atoms with Crippen molar-refractivity contribution in [1.29, 1.82) is 5.26 Å². The Kier molecular flexibility index (Phi) is 3.24. The van der Waals surface area contributed by atoms with Gasteiger partial charge in [-0.15, -0.1) is 0 Å². The van der Waals surface area contributed by atoms with Crippen LogP contribution in [0.3, 0.4) is 0 Å². The van der Waals surface area contributed by atoms with Crippen molar-refractivity contribution < 1.29 is 4.79 Å². The first kappa shape index (κ1) is 9.50. The van der Waals surface area contributed by atoms with Gasteiger partial charge in [0.1, 0.15) is 6.29 Å². The van der Waals surface area contributed by atoms with Crippen molar-refractivity contribution in [3.63, 3.8) is 0 Å². The lowest BCUT2D eigenvalue weighted by Crippen LogP contribution is -1.79. The van der Waals surface area contributed by atoms with E-state index in [0.717, 1.165) is 5.56 Å². The molecule has 3 heteroatoms. The number of hydrogen-bond donors (Lipinski definition) is 0. The number of nitriles is 1. The lowest BCUT2D eigenvalue weighted by molar-refractivity contribution is -0.104. The van der Waals surface area contributed by atoms with Crippen LogP contribution in [0.5, 0.6) is 0 Å². The van der Waals surface area contributed by atoms with Crippen LogP contribution in [0.1, 0.15) is 11.1 Å². The van der Waals surface area contributed by atoms with Gasteiger partial charge in [0.05, 0.1) is 16.7 Å². The molecule has 0 radical (unpaired) electrons. The maximum Gasteiger partial charge on any atom is 0.144 e. The van der Waals surface area contributed by atoms with E-state index in [1.165, 1.54) is 6.08 Å². The van der Waals surface area contributed by atoms with Crippen LogP contribution in [0.4, 0.5) is 0 Å². The van der Waals surface area contributed by atoms with E-state index in [4.69, 9.17) is 16.9 Å². The number of rotatable bonds is 2. The van der Waals surface area contributed by atoms with Crippen LogP contribution in [-0.4, -0.2) is 6.29 Å². The van der Waals surface area contributed by atoms with Crippen LogP contribution in [0.15, 0.2) is 30.3 Å². The molecule has 2 nitrogen and oxygen atoms in total. The first-order chi connectivity index (χ1) is 6.27. The summed E-state index contributed by atoms with van der Waals surface area (Å²) in [6.07, 6.45) is 1.89. The zero-order chi connectivity index (χ0) is 9.68. The first-order valence-electron chi connectivity index (χ1n) is 3.59. The Morgan fingerprint density at radius 3 is 2.46 bits per heavy atom. The standard InChI is InChI=1S/C10H6ClNO/c11-10(5-6-13)9-3-1-8(7-12)2-4-9/h1-6H/b10-5-.